The summed E-state index contributed by atoms with van der Waals surface area (Å²) >= 11 is 0. The zero-order valence-electron chi connectivity index (χ0n) is 9.83. The van der Waals surface area contributed by atoms with Crippen LogP contribution in [0.15, 0.2) is 12.3 Å². The molecule has 1 saturated heterocycles. The van der Waals surface area contributed by atoms with Crippen LogP contribution in [0.5, 0.6) is 0 Å². The number of hydrogen-bond donors (Lipinski definition) is 2. The average molecular weight is 265 g/mol. The number of nitrogens with one attached hydrogen (secondary N) is 1. The van der Waals surface area contributed by atoms with Crippen LogP contribution in [-0.2, 0) is 4.79 Å². The van der Waals surface area contributed by atoms with Gasteiger partial charge in [0.2, 0.25) is 5.91 Å². The summed E-state index contributed by atoms with van der Waals surface area (Å²) < 4.78 is 0. The van der Waals surface area contributed by atoms with Crippen LogP contribution in [0.1, 0.15) is 10.4 Å². The van der Waals surface area contributed by atoms with Crippen molar-refractivity contribution >= 4 is 23.3 Å². The van der Waals surface area contributed by atoms with E-state index in [9.17, 15) is 19.7 Å². The summed E-state index contributed by atoms with van der Waals surface area (Å²) in [6, 6.07) is 1.15. The van der Waals surface area contributed by atoms with Crippen LogP contribution in [0, 0.1) is 10.1 Å². The van der Waals surface area contributed by atoms with Crippen molar-refractivity contribution in [2.75, 3.05) is 25.4 Å². The standard InChI is InChI=1S/C10H11N5O4/c11-8-3-6(7(4-13-8)15(18)19)10(17)14-2-1-12-9(16)5-14/h3-4H,1-2,5H2,(H2,11,13)(H,12,16). The molecule has 19 heavy (non-hydrogen) atoms. The van der Waals surface area contributed by atoms with Crippen LogP contribution < -0.4 is 11.1 Å². The second-order valence-corrected chi connectivity index (χ2v) is 3.96. The van der Waals surface area contributed by atoms with E-state index in [1.165, 1.54) is 4.90 Å². The summed E-state index contributed by atoms with van der Waals surface area (Å²) in [6.07, 6.45) is 0.937. The van der Waals surface area contributed by atoms with Crippen molar-refractivity contribution < 1.29 is 14.5 Å². The molecule has 9 nitrogen and oxygen atoms in total. The van der Waals surface area contributed by atoms with E-state index >= 15 is 0 Å². The Morgan fingerprint density at radius 2 is 2.32 bits per heavy atom. The zero-order valence-corrected chi connectivity index (χ0v) is 9.83. The van der Waals surface area contributed by atoms with Crippen LogP contribution in [0.25, 0.3) is 0 Å². The first-order chi connectivity index (χ1) is 8.99. The van der Waals surface area contributed by atoms with Crippen LogP contribution in [0.2, 0.25) is 0 Å². The van der Waals surface area contributed by atoms with E-state index in [2.05, 4.69) is 10.3 Å². The van der Waals surface area contributed by atoms with Gasteiger partial charge in [0.25, 0.3) is 11.6 Å². The lowest BCUT2D eigenvalue weighted by atomic mass is 10.2. The first kappa shape index (κ1) is 12.7. The van der Waals surface area contributed by atoms with Gasteiger partial charge in [-0.15, -0.1) is 0 Å². The number of nitrogens with two attached hydrogens (primary N) is 1. The SMILES string of the molecule is Nc1cc(C(=O)N2CCNC(=O)C2)c([N+](=O)[O-])cn1. The molecule has 1 aliphatic heterocycles. The number of nitrogen functional groups attached to an aromatic ring is 1. The number of aromatic nitrogens is 1. The number of hydrogen-bond acceptors (Lipinski definition) is 6. The van der Waals surface area contributed by atoms with E-state index in [0.29, 0.717) is 13.1 Å². The minimum Gasteiger partial charge on any atom is -0.384 e. The zero-order chi connectivity index (χ0) is 14.0. The fourth-order valence-corrected chi connectivity index (χ4v) is 1.76. The molecule has 2 heterocycles. The normalized spacial score (nSPS) is 14.9. The summed E-state index contributed by atoms with van der Waals surface area (Å²) in [6.45, 7) is 0.487. The average Bonchev–Trinajstić information content (AvgIpc) is 2.37. The van der Waals surface area contributed by atoms with Crippen molar-refractivity contribution in [3.8, 4) is 0 Å². The van der Waals surface area contributed by atoms with Gasteiger partial charge in [0, 0.05) is 13.1 Å². The fourth-order valence-electron chi connectivity index (χ4n) is 1.76. The van der Waals surface area contributed by atoms with Crippen LogP contribution in [0.3, 0.4) is 0 Å². The van der Waals surface area contributed by atoms with E-state index in [1.54, 1.807) is 0 Å². The Labute approximate surface area is 107 Å². The van der Waals surface area contributed by atoms with Gasteiger partial charge in [-0.2, -0.15) is 0 Å². The quantitative estimate of drug-likeness (QED) is 0.528. The lowest BCUT2D eigenvalue weighted by molar-refractivity contribution is -0.385. The Morgan fingerprint density at radius 1 is 1.58 bits per heavy atom. The van der Waals surface area contributed by atoms with Crippen molar-refractivity contribution in [2.45, 2.75) is 0 Å². The van der Waals surface area contributed by atoms with Crippen molar-refractivity contribution in [3.05, 3.63) is 27.9 Å². The van der Waals surface area contributed by atoms with Gasteiger partial charge in [0.15, 0.2) is 0 Å². The minimum atomic E-state index is -0.705. The van der Waals surface area contributed by atoms with Gasteiger partial charge in [0.1, 0.15) is 17.6 Å². The van der Waals surface area contributed by atoms with E-state index in [-0.39, 0.29) is 23.8 Å². The third-order valence-corrected chi connectivity index (χ3v) is 2.66. The molecule has 0 atom stereocenters. The maximum atomic E-state index is 12.2. The second kappa shape index (κ2) is 4.88. The molecule has 9 heteroatoms. The van der Waals surface area contributed by atoms with Crippen LogP contribution >= 0.6 is 0 Å². The van der Waals surface area contributed by atoms with Crippen LogP contribution in [-0.4, -0.2) is 46.3 Å². The molecule has 0 aromatic carbocycles. The summed E-state index contributed by atoms with van der Waals surface area (Å²) in [5.41, 5.74) is 4.85. The number of anilines is 1. The van der Waals surface area contributed by atoms with Gasteiger partial charge in [-0.1, -0.05) is 0 Å². The largest absolute Gasteiger partial charge is 0.384 e. The highest BCUT2D eigenvalue weighted by Gasteiger charge is 2.28. The molecule has 0 saturated carbocycles. The van der Waals surface area contributed by atoms with Gasteiger partial charge in [-0.05, 0) is 6.07 Å². The number of pyridine rings is 1. The van der Waals surface area contributed by atoms with Crippen molar-refractivity contribution in [3.63, 3.8) is 0 Å². The maximum Gasteiger partial charge on any atom is 0.300 e. The van der Waals surface area contributed by atoms with Crippen LogP contribution in [0.4, 0.5) is 11.5 Å². The summed E-state index contributed by atoms with van der Waals surface area (Å²) in [5, 5.41) is 13.4. The molecular weight excluding hydrogens is 254 g/mol. The van der Waals surface area contributed by atoms with Crippen molar-refractivity contribution in [1.82, 2.24) is 15.2 Å². The predicted molar refractivity (Wildman–Crippen MR) is 64.2 cm³/mol. The van der Waals surface area contributed by atoms with Gasteiger partial charge in [0.05, 0.1) is 11.5 Å². The predicted octanol–water partition coefficient (Wildman–Crippen LogP) is -0.856. The molecule has 0 radical (unpaired) electrons. The fraction of sp³-hybridized carbons (Fsp3) is 0.300. The van der Waals surface area contributed by atoms with E-state index in [4.69, 9.17) is 5.73 Å². The van der Waals surface area contributed by atoms with Crippen molar-refractivity contribution in [1.29, 1.82) is 0 Å². The number of rotatable bonds is 2. The molecule has 3 N–H and O–H groups in total. The molecule has 1 aliphatic rings. The van der Waals surface area contributed by atoms with Gasteiger partial charge >= 0.3 is 0 Å². The lowest BCUT2D eigenvalue weighted by Gasteiger charge is -2.26. The number of nitro groups is 1. The highest BCUT2D eigenvalue weighted by atomic mass is 16.6. The van der Waals surface area contributed by atoms with Gasteiger partial charge < -0.3 is 16.0 Å². The van der Waals surface area contributed by atoms with Crippen molar-refractivity contribution in [2.24, 2.45) is 0 Å². The smallest absolute Gasteiger partial charge is 0.300 e. The van der Waals surface area contributed by atoms with Gasteiger partial charge in [-0.25, -0.2) is 4.98 Å². The molecule has 0 bridgehead atoms. The molecule has 1 fully saturated rings. The highest BCUT2D eigenvalue weighted by molar-refractivity contribution is 6.00. The summed E-state index contributed by atoms with van der Waals surface area (Å²) in [5.74, 6) is -0.893. The Bertz CT molecular complexity index is 559. The number of piperazine rings is 1. The molecule has 0 spiro atoms. The first-order valence-electron chi connectivity index (χ1n) is 5.45. The lowest BCUT2D eigenvalue weighted by Crippen LogP contribution is -2.50. The number of nitrogens with zero attached hydrogens (tertiary/aromatic N) is 3. The Hall–Kier alpha value is -2.71. The number of carbonyl (C=O) groups excluding carboxylic acids is 2. The Morgan fingerprint density at radius 3 is 2.95 bits per heavy atom. The first-order valence-corrected chi connectivity index (χ1v) is 5.45. The molecule has 2 rings (SSSR count). The van der Waals surface area contributed by atoms with Gasteiger partial charge in [-0.3, -0.25) is 19.7 Å². The molecule has 1 aromatic rings. The topological polar surface area (TPSA) is 131 Å². The van der Waals surface area contributed by atoms with E-state index in [1.807, 2.05) is 0 Å². The summed E-state index contributed by atoms with van der Waals surface area (Å²) in [7, 11) is 0. The third-order valence-electron chi connectivity index (χ3n) is 2.66. The maximum absolute atomic E-state index is 12.2. The molecule has 2 amide bonds. The Kier molecular flexibility index (Phi) is 3.27. The number of carbonyl (C=O) groups is 2. The highest BCUT2D eigenvalue weighted by Crippen LogP contribution is 2.21. The third kappa shape index (κ3) is 2.59. The van der Waals surface area contributed by atoms with E-state index < -0.39 is 16.5 Å². The molecule has 1 aromatic heterocycles. The summed E-state index contributed by atoms with van der Waals surface area (Å²) in [4.78, 5) is 38.4. The second-order valence-electron chi connectivity index (χ2n) is 3.96. The Balaban J connectivity index is 2.34. The molecule has 0 aliphatic carbocycles. The molecule has 100 valence electrons. The monoisotopic (exact) mass is 265 g/mol. The molecular formula is C10H11N5O4. The number of amides is 2. The van der Waals surface area contributed by atoms with E-state index in [0.717, 1.165) is 12.3 Å². The minimum absolute atomic E-state index is 0.00964. The molecule has 0 unspecified atom stereocenters.